The second kappa shape index (κ2) is 8.50. The molecule has 0 aliphatic heterocycles. The fourth-order valence-corrected chi connectivity index (χ4v) is 3.54. The normalized spacial score (nSPS) is 13.3. The van der Waals surface area contributed by atoms with Gasteiger partial charge in [0.2, 0.25) is 0 Å². The number of aryl methyl sites for hydroxylation is 1. The summed E-state index contributed by atoms with van der Waals surface area (Å²) in [6.07, 6.45) is 1.62. The highest BCUT2D eigenvalue weighted by molar-refractivity contribution is 6.02. The Labute approximate surface area is 162 Å². The van der Waals surface area contributed by atoms with Crippen LogP contribution in [-0.4, -0.2) is 57.7 Å². The van der Waals surface area contributed by atoms with Crippen LogP contribution in [0.3, 0.4) is 0 Å². The molecule has 0 atom stereocenters. The van der Waals surface area contributed by atoms with Crippen LogP contribution in [0.25, 0.3) is 5.69 Å². The molecule has 28 heavy (non-hydrogen) atoms. The van der Waals surface area contributed by atoms with Gasteiger partial charge in [-0.25, -0.2) is 0 Å². The molecule has 0 fully saturated rings. The molecule has 0 spiro atoms. The van der Waals surface area contributed by atoms with E-state index in [9.17, 15) is 24.6 Å². The molecular formula is C21H24N2O5. The Morgan fingerprint density at radius 3 is 2.32 bits per heavy atom. The van der Waals surface area contributed by atoms with E-state index in [0.29, 0.717) is 36.2 Å². The Kier molecular flexibility index (Phi) is 6.06. The van der Waals surface area contributed by atoms with E-state index in [4.69, 9.17) is 0 Å². The first-order valence-corrected chi connectivity index (χ1v) is 9.38. The second-order valence-corrected chi connectivity index (χ2v) is 6.91. The first kappa shape index (κ1) is 20.0. The fraction of sp³-hybridized carbons (Fsp3) is 0.381. The van der Waals surface area contributed by atoms with Crippen LogP contribution in [0, 0.1) is 6.92 Å². The smallest absolute Gasteiger partial charge is 0.268 e. The average Bonchev–Trinajstić information content (AvgIpc) is 2.68. The lowest BCUT2D eigenvalue weighted by Crippen LogP contribution is -2.41. The number of rotatable bonds is 6. The van der Waals surface area contributed by atoms with Crippen LogP contribution in [-0.2, 0) is 6.42 Å². The van der Waals surface area contributed by atoms with Crippen molar-refractivity contribution in [1.29, 1.82) is 0 Å². The third kappa shape index (κ3) is 3.76. The summed E-state index contributed by atoms with van der Waals surface area (Å²) in [6, 6.07) is 8.72. The fourth-order valence-electron chi connectivity index (χ4n) is 3.54. The molecule has 0 unspecified atom stereocenters. The van der Waals surface area contributed by atoms with Crippen LogP contribution in [0.15, 0.2) is 35.1 Å². The number of amides is 1. The minimum atomic E-state index is -0.602. The molecule has 0 radical (unpaired) electrons. The van der Waals surface area contributed by atoms with Gasteiger partial charge >= 0.3 is 0 Å². The van der Waals surface area contributed by atoms with Gasteiger partial charge in [0.1, 0.15) is 5.56 Å². The monoisotopic (exact) mass is 384 g/mol. The first-order valence-electron chi connectivity index (χ1n) is 9.38. The molecule has 2 aromatic rings. The molecular weight excluding hydrogens is 360 g/mol. The lowest BCUT2D eigenvalue weighted by Gasteiger charge is -2.24. The van der Waals surface area contributed by atoms with Gasteiger partial charge in [-0.1, -0.05) is 17.7 Å². The van der Waals surface area contributed by atoms with Gasteiger partial charge in [-0.3, -0.25) is 19.0 Å². The number of fused-ring (bicyclic) bond motifs is 1. The third-order valence-electron chi connectivity index (χ3n) is 4.97. The number of pyridine rings is 1. The van der Waals surface area contributed by atoms with Gasteiger partial charge in [-0.05, 0) is 38.0 Å². The van der Waals surface area contributed by atoms with Crippen LogP contribution in [0.2, 0.25) is 0 Å². The maximum atomic E-state index is 13.3. The molecule has 1 heterocycles. The summed E-state index contributed by atoms with van der Waals surface area (Å²) in [5, 5.41) is 18.4. The van der Waals surface area contributed by atoms with Crippen molar-refractivity contribution in [1.82, 2.24) is 9.47 Å². The van der Waals surface area contributed by atoms with Crippen molar-refractivity contribution in [3.63, 3.8) is 0 Å². The maximum absolute atomic E-state index is 13.3. The van der Waals surface area contributed by atoms with Crippen molar-refractivity contribution in [3.05, 3.63) is 63.1 Å². The number of Topliss-reactive ketones (excluding diaryl/α,β-unsaturated/α-hetero) is 1. The van der Waals surface area contributed by atoms with E-state index in [2.05, 4.69) is 0 Å². The molecule has 0 saturated heterocycles. The van der Waals surface area contributed by atoms with E-state index >= 15 is 0 Å². The van der Waals surface area contributed by atoms with Crippen LogP contribution >= 0.6 is 0 Å². The third-order valence-corrected chi connectivity index (χ3v) is 4.97. The molecule has 1 aliphatic rings. The highest BCUT2D eigenvalue weighted by atomic mass is 16.3. The molecule has 1 amide bonds. The van der Waals surface area contributed by atoms with Gasteiger partial charge in [-0.2, -0.15) is 0 Å². The molecule has 7 nitrogen and oxygen atoms in total. The quantitative estimate of drug-likeness (QED) is 0.777. The zero-order valence-electron chi connectivity index (χ0n) is 15.9. The summed E-state index contributed by atoms with van der Waals surface area (Å²) < 4.78 is 1.45. The molecule has 2 N–H and O–H groups in total. The van der Waals surface area contributed by atoms with Crippen molar-refractivity contribution in [2.24, 2.45) is 0 Å². The first-order chi connectivity index (χ1) is 13.5. The van der Waals surface area contributed by atoms with Crippen molar-refractivity contribution in [2.75, 3.05) is 26.3 Å². The van der Waals surface area contributed by atoms with Gasteiger partial charge in [0, 0.05) is 36.5 Å². The summed E-state index contributed by atoms with van der Waals surface area (Å²) in [7, 11) is 0. The van der Waals surface area contributed by atoms with Gasteiger partial charge in [0.15, 0.2) is 5.78 Å². The number of ketones is 1. The number of benzene rings is 1. The Balaban J connectivity index is 2.22. The van der Waals surface area contributed by atoms with Gasteiger partial charge in [0.25, 0.3) is 11.5 Å². The van der Waals surface area contributed by atoms with E-state index < -0.39 is 11.5 Å². The number of hydrogen-bond donors (Lipinski definition) is 2. The van der Waals surface area contributed by atoms with Gasteiger partial charge in [0.05, 0.1) is 13.2 Å². The zero-order chi connectivity index (χ0) is 20.3. The molecule has 0 saturated carbocycles. The summed E-state index contributed by atoms with van der Waals surface area (Å²) in [4.78, 5) is 39.9. The minimum Gasteiger partial charge on any atom is -0.395 e. The highest BCUT2D eigenvalue weighted by Gasteiger charge is 2.28. The molecule has 7 heteroatoms. The Bertz CT molecular complexity index is 941. The van der Waals surface area contributed by atoms with Crippen LogP contribution in [0.5, 0.6) is 0 Å². The summed E-state index contributed by atoms with van der Waals surface area (Å²) in [5.41, 5.74) is 2.03. The van der Waals surface area contributed by atoms with E-state index in [-0.39, 0.29) is 37.6 Å². The number of aromatic nitrogens is 1. The summed E-state index contributed by atoms with van der Waals surface area (Å²) in [5.74, 6) is -0.692. The Morgan fingerprint density at radius 2 is 1.71 bits per heavy atom. The summed E-state index contributed by atoms with van der Waals surface area (Å²) >= 11 is 0. The molecule has 1 aromatic carbocycles. The number of aliphatic hydroxyl groups is 2. The van der Waals surface area contributed by atoms with Crippen molar-refractivity contribution in [3.8, 4) is 5.69 Å². The van der Waals surface area contributed by atoms with Gasteiger partial charge < -0.3 is 15.1 Å². The molecule has 1 aliphatic carbocycles. The van der Waals surface area contributed by atoms with Crippen LogP contribution in [0.1, 0.15) is 44.8 Å². The van der Waals surface area contributed by atoms with Crippen molar-refractivity contribution < 1.29 is 19.8 Å². The molecule has 0 bridgehead atoms. The predicted octanol–water partition coefficient (Wildman–Crippen LogP) is 1.09. The van der Waals surface area contributed by atoms with Crippen molar-refractivity contribution in [2.45, 2.75) is 26.2 Å². The van der Waals surface area contributed by atoms with E-state index in [1.165, 1.54) is 15.5 Å². The largest absolute Gasteiger partial charge is 0.395 e. The number of hydrogen-bond acceptors (Lipinski definition) is 5. The zero-order valence-corrected chi connectivity index (χ0v) is 15.9. The maximum Gasteiger partial charge on any atom is 0.268 e. The van der Waals surface area contributed by atoms with E-state index in [1.807, 2.05) is 19.1 Å². The number of carbonyl (C=O) groups is 2. The lowest BCUT2D eigenvalue weighted by atomic mass is 9.92. The average molecular weight is 384 g/mol. The Morgan fingerprint density at radius 1 is 1.07 bits per heavy atom. The number of nitrogens with zero attached hydrogens (tertiary/aromatic N) is 2. The second-order valence-electron chi connectivity index (χ2n) is 6.91. The van der Waals surface area contributed by atoms with Crippen LogP contribution < -0.4 is 5.56 Å². The van der Waals surface area contributed by atoms with Gasteiger partial charge in [-0.15, -0.1) is 0 Å². The van der Waals surface area contributed by atoms with Crippen molar-refractivity contribution >= 4 is 11.7 Å². The lowest BCUT2D eigenvalue weighted by molar-refractivity contribution is 0.0682. The molecule has 3 rings (SSSR count). The highest BCUT2D eigenvalue weighted by Crippen LogP contribution is 2.24. The topological polar surface area (TPSA) is 99.8 Å². The van der Waals surface area contributed by atoms with E-state index in [0.717, 1.165) is 5.56 Å². The number of carbonyl (C=O) groups excluding carboxylic acids is 2. The summed E-state index contributed by atoms with van der Waals surface area (Å²) in [6.45, 7) is 1.35. The SMILES string of the molecule is Cc1ccc(-n2c3c(cc(C(=O)N(CCO)CCO)c2=O)C(=O)CCC3)cc1. The Hall–Kier alpha value is -2.77. The molecule has 1 aromatic heterocycles. The molecule has 148 valence electrons. The van der Waals surface area contributed by atoms with Crippen LogP contribution in [0.4, 0.5) is 0 Å². The minimum absolute atomic E-state index is 0.00556. The van der Waals surface area contributed by atoms with E-state index in [1.54, 1.807) is 12.1 Å². The predicted molar refractivity (Wildman–Crippen MR) is 104 cm³/mol. The standard InChI is InChI=1S/C21H24N2O5/c1-14-5-7-15(8-6-14)23-18-3-2-4-19(26)16(18)13-17(21(23)28)20(27)22(9-11-24)10-12-25/h5-8,13,24-25H,2-4,9-12H2,1H3. The number of aliphatic hydroxyl groups excluding tert-OH is 2.